The minimum atomic E-state index is -0.905. The lowest BCUT2D eigenvalue weighted by Gasteiger charge is -2.10. The van der Waals surface area contributed by atoms with E-state index < -0.39 is 28.1 Å². The molecule has 1 atom stereocenters. The highest BCUT2D eigenvalue weighted by atomic mass is 33.1. The van der Waals surface area contributed by atoms with Gasteiger partial charge in [-0.2, -0.15) is 5.26 Å². The Labute approximate surface area is 385 Å². The number of nitriles is 1. The fraction of sp³-hybridized carbons (Fsp3) is 0.222. The van der Waals surface area contributed by atoms with Crippen LogP contribution in [0.2, 0.25) is 0 Å². The third-order valence-corrected chi connectivity index (χ3v) is 12.3. The molecule has 6 rings (SSSR count). The Morgan fingerprint density at radius 3 is 1.75 bits per heavy atom. The summed E-state index contributed by atoms with van der Waals surface area (Å²) in [6.07, 6.45) is 6.78. The third-order valence-electron chi connectivity index (χ3n) is 8.66. The first-order chi connectivity index (χ1) is 31.5. The summed E-state index contributed by atoms with van der Waals surface area (Å²) < 4.78 is 21.0. The Hall–Kier alpha value is -7.08. The molecule has 1 fully saturated rings. The first-order valence-electron chi connectivity index (χ1n) is 19.5. The minimum Gasteiger partial charge on any atom is -0.496 e. The van der Waals surface area contributed by atoms with E-state index in [1.807, 2.05) is 27.0 Å². The van der Waals surface area contributed by atoms with Crippen molar-refractivity contribution >= 4 is 57.5 Å². The topological polar surface area (TPSA) is 234 Å². The van der Waals surface area contributed by atoms with Crippen molar-refractivity contribution in [2.75, 3.05) is 12.9 Å². The van der Waals surface area contributed by atoms with Crippen LogP contribution >= 0.6 is 33.3 Å². The van der Waals surface area contributed by atoms with Crippen molar-refractivity contribution in [1.82, 2.24) is 0 Å². The lowest BCUT2D eigenvalue weighted by atomic mass is 10.1. The molecule has 5 aromatic rings. The van der Waals surface area contributed by atoms with Crippen LogP contribution in [0.15, 0.2) is 126 Å². The van der Waals surface area contributed by atoms with E-state index >= 15 is 0 Å². The molecule has 0 bridgehead atoms. The molecule has 0 N–H and O–H groups in total. The van der Waals surface area contributed by atoms with Crippen LogP contribution in [0.25, 0.3) is 0 Å². The van der Waals surface area contributed by atoms with Gasteiger partial charge in [0.2, 0.25) is 0 Å². The number of esters is 3. The summed E-state index contributed by atoms with van der Waals surface area (Å²) in [7, 11) is 5.49. The zero-order valence-electron chi connectivity index (χ0n) is 34.6. The van der Waals surface area contributed by atoms with Gasteiger partial charge in [-0.05, 0) is 115 Å². The number of rotatable bonds is 19. The molecule has 0 radical (unpaired) electrons. The second kappa shape index (κ2) is 27.9. The van der Waals surface area contributed by atoms with E-state index in [9.17, 15) is 39.4 Å². The van der Waals surface area contributed by atoms with Gasteiger partial charge in [-0.1, -0.05) is 76.5 Å². The number of carbonyl (C=O) groups excluding carboxylic acids is 4. The van der Waals surface area contributed by atoms with E-state index in [0.717, 1.165) is 36.1 Å². The van der Waals surface area contributed by atoms with Gasteiger partial charge >= 0.3 is 17.9 Å². The van der Waals surface area contributed by atoms with Gasteiger partial charge in [0.15, 0.2) is 0 Å². The normalized spacial score (nSPS) is 12.3. The summed E-state index contributed by atoms with van der Waals surface area (Å²) in [5.74, 6) is 0.358. The SMILES string of the molecule is COc1ccccc1C(=O)Oc1ccc(CO[N+](=O)[O-])cc1.N#CSc1ccc(OC(=O)c2ccccc2OC(=O)c2ccc(CO[N+](=O)[O-])cc2)cc1.O=CCCCCC1CCSS1. The van der Waals surface area contributed by atoms with Crippen molar-refractivity contribution in [3.8, 4) is 28.4 Å². The van der Waals surface area contributed by atoms with E-state index in [-0.39, 0.29) is 35.8 Å². The molecule has 5 aromatic carbocycles. The summed E-state index contributed by atoms with van der Waals surface area (Å²) in [4.78, 5) is 76.7. The fourth-order valence-corrected chi connectivity index (χ4v) is 8.86. The summed E-state index contributed by atoms with van der Waals surface area (Å²) in [5, 5.41) is 30.1. The van der Waals surface area contributed by atoms with E-state index in [1.54, 1.807) is 72.8 Å². The maximum atomic E-state index is 12.6. The number of aldehydes is 1. The van der Waals surface area contributed by atoms with Gasteiger partial charge in [-0.25, -0.2) is 14.4 Å². The molecule has 0 spiro atoms. The van der Waals surface area contributed by atoms with Gasteiger partial charge in [-0.15, -0.1) is 20.2 Å². The second-order valence-corrected chi connectivity index (χ2v) is 16.8. The van der Waals surface area contributed by atoms with Gasteiger partial charge in [-0.3, -0.25) is 0 Å². The van der Waals surface area contributed by atoms with E-state index in [0.29, 0.717) is 33.1 Å². The van der Waals surface area contributed by atoms with Crippen LogP contribution in [0, 0.1) is 30.9 Å². The zero-order chi connectivity index (χ0) is 46.8. The zero-order valence-corrected chi connectivity index (χ0v) is 37.1. The van der Waals surface area contributed by atoms with Gasteiger partial charge in [0.25, 0.3) is 10.2 Å². The molecule has 65 heavy (non-hydrogen) atoms. The quantitative estimate of drug-likeness (QED) is 0.00861. The summed E-state index contributed by atoms with van der Waals surface area (Å²) in [6.45, 7) is -0.402. The summed E-state index contributed by atoms with van der Waals surface area (Å²) in [5.41, 5.74) is 1.64. The number of benzene rings is 5. The second-order valence-electron chi connectivity index (χ2n) is 13.1. The standard InChI is InChI=1S/C22H14N2O7S.C15H13NO6.C8H14OS2/c23-14-32-18-11-9-17(10-12-18)30-22(26)19-3-1-2-4-20(19)31-21(25)16-7-5-15(6-8-16)13-29-24(27)28;1-20-14-5-3-2-4-13(14)15(17)22-12-8-6-11(7-9-12)10-21-16(18)19;9-6-3-1-2-4-8-5-7-10-11-8/h1-12H,13H2;2-9H,10H2,1H3;6,8H,1-5,7H2. The Morgan fingerprint density at radius 1 is 0.723 bits per heavy atom. The summed E-state index contributed by atoms with van der Waals surface area (Å²) in [6, 6.07) is 31.3. The Bertz CT molecular complexity index is 2390. The van der Waals surface area contributed by atoms with Gasteiger partial charge < -0.3 is 33.4 Å². The predicted molar refractivity (Wildman–Crippen MR) is 242 cm³/mol. The van der Waals surface area contributed by atoms with E-state index in [1.165, 1.54) is 80.7 Å². The maximum absolute atomic E-state index is 12.6. The first kappa shape index (κ1) is 50.6. The molecule has 0 saturated carbocycles. The van der Waals surface area contributed by atoms with Crippen LogP contribution < -0.4 is 18.9 Å². The number of thioether (sulfide) groups is 1. The van der Waals surface area contributed by atoms with E-state index in [2.05, 4.69) is 9.68 Å². The van der Waals surface area contributed by atoms with Crippen LogP contribution in [0.4, 0.5) is 0 Å². The number of thiocyanates is 1. The van der Waals surface area contributed by atoms with Crippen molar-refractivity contribution in [3.63, 3.8) is 0 Å². The average molecular weight is 944 g/mol. The molecule has 1 heterocycles. The van der Waals surface area contributed by atoms with Crippen LogP contribution in [0.3, 0.4) is 0 Å². The molecule has 0 amide bonds. The number of carbonyl (C=O) groups is 4. The molecule has 0 aliphatic carbocycles. The molecule has 0 aromatic heterocycles. The van der Waals surface area contributed by atoms with Crippen molar-refractivity contribution < 1.29 is 58.0 Å². The average Bonchev–Trinajstić information content (AvgIpc) is 3.85. The van der Waals surface area contributed by atoms with Crippen LogP contribution in [0.5, 0.6) is 23.0 Å². The number of para-hydroxylation sites is 2. The van der Waals surface area contributed by atoms with Gasteiger partial charge in [0, 0.05) is 22.3 Å². The molecule has 17 nitrogen and oxygen atoms in total. The van der Waals surface area contributed by atoms with Crippen molar-refractivity contribution in [2.45, 2.75) is 55.5 Å². The highest BCUT2D eigenvalue weighted by Crippen LogP contribution is 2.40. The van der Waals surface area contributed by atoms with Crippen LogP contribution in [-0.2, 0) is 27.7 Å². The smallest absolute Gasteiger partial charge is 0.347 e. The lowest BCUT2D eigenvalue weighted by molar-refractivity contribution is -0.763. The molecule has 338 valence electrons. The van der Waals surface area contributed by atoms with Crippen LogP contribution in [-0.4, -0.2) is 52.5 Å². The van der Waals surface area contributed by atoms with Gasteiger partial charge in [0.05, 0.1) is 12.7 Å². The maximum Gasteiger partial charge on any atom is 0.347 e. The first-order valence-corrected chi connectivity index (χ1v) is 22.7. The number of hydrogen-bond donors (Lipinski definition) is 0. The Morgan fingerprint density at radius 2 is 1.25 bits per heavy atom. The molecule has 1 aliphatic rings. The molecule has 20 heteroatoms. The fourth-order valence-electron chi connectivity index (χ4n) is 5.46. The number of unbranched alkanes of at least 4 members (excludes halogenated alkanes) is 2. The molecule has 1 unspecified atom stereocenters. The lowest BCUT2D eigenvalue weighted by Crippen LogP contribution is -2.14. The van der Waals surface area contributed by atoms with Crippen molar-refractivity contribution in [1.29, 1.82) is 5.26 Å². The highest BCUT2D eigenvalue weighted by Gasteiger charge is 2.19. The highest BCUT2D eigenvalue weighted by molar-refractivity contribution is 8.77. The molecule has 1 aliphatic heterocycles. The Kier molecular flexibility index (Phi) is 21.7. The van der Waals surface area contributed by atoms with Crippen molar-refractivity contribution in [3.05, 3.63) is 169 Å². The van der Waals surface area contributed by atoms with Gasteiger partial charge in [0.1, 0.15) is 59.0 Å². The third kappa shape index (κ3) is 18.3. The monoisotopic (exact) mass is 943 g/mol. The van der Waals surface area contributed by atoms with Crippen molar-refractivity contribution in [2.24, 2.45) is 0 Å². The molecular formula is C45H41N3O14S3. The summed E-state index contributed by atoms with van der Waals surface area (Å²) >= 11 is 0.982. The van der Waals surface area contributed by atoms with E-state index in [4.69, 9.17) is 24.2 Å². The largest absolute Gasteiger partial charge is 0.496 e. The minimum absolute atomic E-state index is 0.0138. The number of methoxy groups -OCH3 is 1. The number of ether oxygens (including phenoxy) is 4. The number of hydrogen-bond acceptors (Lipinski definition) is 18. The molecule has 1 saturated heterocycles. The predicted octanol–water partition coefficient (Wildman–Crippen LogP) is 9.93. The number of nitrogens with zero attached hydrogens (tertiary/aromatic N) is 3. The van der Waals surface area contributed by atoms with Crippen LogP contribution in [0.1, 0.15) is 74.3 Å². The Balaban J connectivity index is 0.000000241. The molecular weight excluding hydrogens is 903 g/mol.